The van der Waals surface area contributed by atoms with Gasteiger partial charge < -0.3 is 30.7 Å². The van der Waals surface area contributed by atoms with Crippen molar-refractivity contribution in [1.82, 2.24) is 25.2 Å². The van der Waals surface area contributed by atoms with Gasteiger partial charge in [-0.05, 0) is 31.4 Å². The largest absolute Gasteiger partial charge is 0.469 e. The fourth-order valence-corrected chi connectivity index (χ4v) is 3.23. The van der Waals surface area contributed by atoms with Gasteiger partial charge in [-0.1, -0.05) is 6.58 Å². The maximum atomic E-state index is 14.5. The molecule has 2 unspecified atom stereocenters. The number of allylic oxidation sites excluding steroid dienone is 1. The minimum Gasteiger partial charge on any atom is -0.469 e. The van der Waals surface area contributed by atoms with Crippen LogP contribution in [0, 0.1) is 5.41 Å². The minimum absolute atomic E-state index is 0.113. The van der Waals surface area contributed by atoms with Gasteiger partial charge >= 0.3 is 0 Å². The number of nitrogens with one attached hydrogen (secondary N) is 4. The molecule has 1 aliphatic heterocycles. The van der Waals surface area contributed by atoms with Gasteiger partial charge in [0.1, 0.15) is 17.9 Å². The molecule has 1 amide bonds. The van der Waals surface area contributed by atoms with E-state index in [1.54, 1.807) is 18.5 Å². The Morgan fingerprint density at radius 1 is 1.40 bits per heavy atom. The Bertz CT molecular complexity index is 985. The summed E-state index contributed by atoms with van der Waals surface area (Å²) in [5.74, 6) is 0.178. The second kappa shape index (κ2) is 8.52. The zero-order chi connectivity index (χ0) is 21.1. The summed E-state index contributed by atoms with van der Waals surface area (Å²) < 4.78 is 20.5. The number of hydrogen-bond acceptors (Lipinski definition) is 7. The summed E-state index contributed by atoms with van der Waals surface area (Å²) in [6.45, 7) is 3.92. The first-order valence-corrected chi connectivity index (χ1v) is 9.88. The van der Waals surface area contributed by atoms with Crippen LogP contribution in [0.4, 0.5) is 10.3 Å². The molecule has 30 heavy (non-hydrogen) atoms. The number of likely N-dealkylation sites (tertiary alicyclic amines) is 1. The van der Waals surface area contributed by atoms with Crippen LogP contribution in [-0.2, 0) is 4.79 Å². The number of carbonyl (C=O) groups is 1. The second-order valence-electron chi connectivity index (χ2n) is 7.35. The Kier molecular flexibility index (Phi) is 5.64. The number of ether oxygens (including phenoxy) is 1. The molecule has 1 saturated carbocycles. The van der Waals surface area contributed by atoms with Crippen molar-refractivity contribution in [1.29, 1.82) is 5.41 Å². The van der Waals surface area contributed by atoms with Gasteiger partial charge in [0.05, 0.1) is 17.6 Å². The molecule has 2 aromatic rings. The highest BCUT2D eigenvalue weighted by atomic mass is 19.1. The number of aromatic nitrogens is 3. The predicted molar refractivity (Wildman–Crippen MR) is 111 cm³/mol. The molecular weight excluding hydrogens is 389 g/mol. The number of aromatic amines is 1. The van der Waals surface area contributed by atoms with E-state index in [1.807, 2.05) is 0 Å². The van der Waals surface area contributed by atoms with Crippen molar-refractivity contribution in [2.45, 2.75) is 37.6 Å². The molecule has 158 valence electrons. The lowest BCUT2D eigenvalue weighted by Gasteiger charge is -2.34. The molecule has 2 fully saturated rings. The summed E-state index contributed by atoms with van der Waals surface area (Å²) in [4.78, 5) is 25.2. The van der Waals surface area contributed by atoms with E-state index in [-0.39, 0.29) is 30.7 Å². The third-order valence-electron chi connectivity index (χ3n) is 5.07. The number of nitrogens with zero attached hydrogens (tertiary/aromatic N) is 3. The van der Waals surface area contributed by atoms with E-state index in [0.29, 0.717) is 29.3 Å². The highest BCUT2D eigenvalue weighted by Gasteiger charge is 2.33. The fraction of sp³-hybridized carbons (Fsp3) is 0.400. The third-order valence-corrected chi connectivity index (χ3v) is 5.07. The standard InChI is InChI=1S/C20H24FN7O2/c1-2-17(29)28-8-6-15(21)16(11-28)30-19-14-5-7-23-18(14)26-20(27-19)25-13(9-22)10-24-12-3-4-12/h2,5,7,9-10,12,15-16,22,24H,1,3-4,6,8,11H2,(H2,23,25,26,27)/b13-10+,22-9?. The fourth-order valence-electron chi connectivity index (χ4n) is 3.23. The quantitative estimate of drug-likeness (QED) is 0.389. The van der Waals surface area contributed by atoms with Gasteiger partial charge in [0, 0.05) is 31.2 Å². The van der Waals surface area contributed by atoms with Crippen LogP contribution in [-0.4, -0.2) is 63.4 Å². The van der Waals surface area contributed by atoms with Gasteiger partial charge in [-0.2, -0.15) is 9.97 Å². The topological polar surface area (TPSA) is 119 Å². The van der Waals surface area contributed by atoms with E-state index in [4.69, 9.17) is 10.1 Å². The van der Waals surface area contributed by atoms with E-state index < -0.39 is 12.3 Å². The number of amides is 1. The van der Waals surface area contributed by atoms with Gasteiger partial charge in [-0.25, -0.2) is 4.39 Å². The normalized spacial score (nSPS) is 21.9. The molecule has 1 saturated heterocycles. The molecule has 0 spiro atoms. The Morgan fingerprint density at radius 2 is 2.23 bits per heavy atom. The summed E-state index contributed by atoms with van der Waals surface area (Å²) >= 11 is 0. The zero-order valence-corrected chi connectivity index (χ0v) is 16.4. The van der Waals surface area contributed by atoms with E-state index >= 15 is 0 Å². The van der Waals surface area contributed by atoms with Crippen LogP contribution in [0.1, 0.15) is 19.3 Å². The molecule has 9 nitrogen and oxygen atoms in total. The van der Waals surface area contributed by atoms with Crippen LogP contribution in [0.25, 0.3) is 11.0 Å². The maximum absolute atomic E-state index is 14.5. The molecule has 2 aliphatic rings. The maximum Gasteiger partial charge on any atom is 0.246 e. The van der Waals surface area contributed by atoms with Crippen LogP contribution in [0.3, 0.4) is 0 Å². The van der Waals surface area contributed by atoms with Crippen LogP contribution in [0.5, 0.6) is 5.88 Å². The lowest BCUT2D eigenvalue weighted by Crippen LogP contribution is -2.49. The summed E-state index contributed by atoms with van der Waals surface area (Å²) in [6.07, 6.45) is 6.12. The van der Waals surface area contributed by atoms with Gasteiger partial charge in [0.25, 0.3) is 0 Å². The van der Waals surface area contributed by atoms with Gasteiger partial charge in [-0.3, -0.25) is 4.79 Å². The molecule has 2 atom stereocenters. The molecule has 10 heteroatoms. The SMILES string of the molecule is C=CC(=O)N1CCC(F)C(Oc2nc(N/C(C=N)=C/NC3CC3)nc3[nH]ccc23)C1. The first kappa shape index (κ1) is 19.9. The number of anilines is 1. The number of halogens is 1. The Balaban J connectivity index is 1.56. The molecule has 0 bridgehead atoms. The minimum atomic E-state index is -1.22. The van der Waals surface area contributed by atoms with Crippen LogP contribution in [0.15, 0.2) is 36.8 Å². The van der Waals surface area contributed by atoms with Gasteiger partial charge in [0.15, 0.2) is 0 Å². The average Bonchev–Trinajstić information content (AvgIpc) is 3.46. The Labute approximate surface area is 172 Å². The van der Waals surface area contributed by atoms with E-state index in [0.717, 1.165) is 19.1 Å². The Hall–Kier alpha value is -3.43. The number of carbonyl (C=O) groups excluding carboxylic acids is 1. The van der Waals surface area contributed by atoms with Crippen molar-refractivity contribution < 1.29 is 13.9 Å². The van der Waals surface area contributed by atoms with Crippen molar-refractivity contribution in [3.63, 3.8) is 0 Å². The van der Waals surface area contributed by atoms with Crippen molar-refractivity contribution in [3.8, 4) is 5.88 Å². The van der Waals surface area contributed by atoms with E-state index in [1.165, 1.54) is 11.0 Å². The van der Waals surface area contributed by atoms with E-state index in [9.17, 15) is 9.18 Å². The van der Waals surface area contributed by atoms with Crippen molar-refractivity contribution >= 4 is 29.1 Å². The predicted octanol–water partition coefficient (Wildman–Crippen LogP) is 2.12. The third kappa shape index (κ3) is 4.42. The first-order chi connectivity index (χ1) is 14.6. The summed E-state index contributed by atoms with van der Waals surface area (Å²) in [7, 11) is 0. The van der Waals surface area contributed by atoms with Gasteiger partial charge in [-0.15, -0.1) is 0 Å². The summed E-state index contributed by atoms with van der Waals surface area (Å²) in [6, 6.07) is 2.19. The van der Waals surface area contributed by atoms with E-state index in [2.05, 4.69) is 32.2 Å². The van der Waals surface area contributed by atoms with Crippen LogP contribution in [0.2, 0.25) is 0 Å². The number of hydrogen-bond donors (Lipinski definition) is 4. The number of piperidine rings is 1. The monoisotopic (exact) mass is 413 g/mol. The number of alkyl halides is 1. The molecular formula is C20H24FN7O2. The molecule has 4 rings (SSSR count). The molecule has 3 heterocycles. The highest BCUT2D eigenvalue weighted by molar-refractivity contribution is 5.87. The van der Waals surface area contributed by atoms with Crippen molar-refractivity contribution in [2.24, 2.45) is 0 Å². The highest BCUT2D eigenvalue weighted by Crippen LogP contribution is 2.27. The lowest BCUT2D eigenvalue weighted by atomic mass is 10.1. The number of H-pyrrole nitrogens is 1. The van der Waals surface area contributed by atoms with Crippen molar-refractivity contribution in [2.75, 3.05) is 18.4 Å². The average molecular weight is 413 g/mol. The van der Waals surface area contributed by atoms with Crippen LogP contribution < -0.4 is 15.4 Å². The molecule has 0 aromatic carbocycles. The molecule has 1 aliphatic carbocycles. The van der Waals surface area contributed by atoms with Crippen LogP contribution >= 0.6 is 0 Å². The Morgan fingerprint density at radius 3 is 2.97 bits per heavy atom. The molecule has 2 aromatic heterocycles. The van der Waals surface area contributed by atoms with Gasteiger partial charge in [0.2, 0.25) is 17.7 Å². The number of rotatable bonds is 8. The number of fused-ring (bicyclic) bond motifs is 1. The summed E-state index contributed by atoms with van der Waals surface area (Å²) in [5.41, 5.74) is 1.01. The van der Waals surface area contributed by atoms with Crippen molar-refractivity contribution in [3.05, 3.63) is 36.8 Å². The summed E-state index contributed by atoms with van der Waals surface area (Å²) in [5, 5.41) is 14.4. The first-order valence-electron chi connectivity index (χ1n) is 9.88. The second-order valence-corrected chi connectivity index (χ2v) is 7.35. The molecule has 4 N–H and O–H groups in total. The smallest absolute Gasteiger partial charge is 0.246 e. The zero-order valence-electron chi connectivity index (χ0n) is 16.4. The molecule has 0 radical (unpaired) electrons. The lowest BCUT2D eigenvalue weighted by molar-refractivity contribution is -0.130.